The van der Waals surface area contributed by atoms with Crippen LogP contribution in [0.2, 0.25) is 0 Å². The van der Waals surface area contributed by atoms with Gasteiger partial charge < -0.3 is 5.11 Å². The van der Waals surface area contributed by atoms with E-state index in [1.807, 2.05) is 0 Å². The molecule has 1 unspecified atom stereocenters. The largest absolute Gasteiger partial charge is 0.396 e. The molecule has 1 nitrogen and oxygen atoms in total. The molecule has 1 heteroatoms. The summed E-state index contributed by atoms with van der Waals surface area (Å²) in [6, 6.07) is 0. The number of aliphatic hydroxyl groups excluding tert-OH is 1. The van der Waals surface area contributed by atoms with Gasteiger partial charge in [-0.1, -0.05) is 26.2 Å². The summed E-state index contributed by atoms with van der Waals surface area (Å²) in [5, 5.41) is 8.45. The molecule has 7 heavy (non-hydrogen) atoms. The van der Waals surface area contributed by atoms with E-state index in [1.54, 1.807) is 0 Å². The Labute approximate surface area is 46.8 Å². The average Bonchev–Trinajstić information content (AvgIpc) is 1.66. The Kier molecular flexibility index (Phi) is 4.35. The lowest BCUT2D eigenvalue weighted by molar-refractivity contribution is 0.283. The van der Waals surface area contributed by atoms with Gasteiger partial charge in [0.05, 0.1) is 1.37 Å². The summed E-state index contributed by atoms with van der Waals surface area (Å²) in [6.07, 6.45) is 3.91. The highest BCUT2D eigenvalue weighted by molar-refractivity contribution is 4.35. The molecule has 0 aliphatic rings. The lowest BCUT2D eigenvalue weighted by Gasteiger charge is -1.90. The van der Waals surface area contributed by atoms with Crippen LogP contribution in [0.15, 0.2) is 0 Å². The van der Waals surface area contributed by atoms with Gasteiger partial charge in [0.15, 0.2) is 0 Å². The van der Waals surface area contributed by atoms with Crippen molar-refractivity contribution in [3.63, 3.8) is 0 Å². The van der Waals surface area contributed by atoms with E-state index < -0.39 is 6.58 Å². The molecule has 44 valence electrons. The molecule has 0 aromatic rings. The molecule has 0 fully saturated rings. The number of aliphatic hydroxyl groups is 1. The van der Waals surface area contributed by atoms with Crippen molar-refractivity contribution in [2.24, 2.45) is 0 Å². The average molecular weight is 104 g/mol. The highest BCUT2D eigenvalue weighted by Crippen LogP contribution is 1.95. The van der Waals surface area contributed by atoms with Crippen molar-refractivity contribution in [2.75, 3.05) is 6.58 Å². The fraction of sp³-hybridized carbons (Fsp3) is 1.00. The molecule has 0 radical (unpaired) electrons. The third-order valence-corrected chi connectivity index (χ3v) is 0.937. The molecule has 0 rings (SSSR count). The standard InChI is InChI=1S/C6H14O/c1-2-3-4-5-6-7/h7H,2-6H2,1H3/i6T. The first-order valence-electron chi connectivity index (χ1n) is 3.45. The quantitative estimate of drug-likeness (QED) is 0.536. The first-order chi connectivity index (χ1) is 3.77. The van der Waals surface area contributed by atoms with Crippen molar-refractivity contribution >= 4 is 0 Å². The van der Waals surface area contributed by atoms with Crippen LogP contribution in [0.25, 0.3) is 0 Å². The predicted octanol–water partition coefficient (Wildman–Crippen LogP) is 1.56. The van der Waals surface area contributed by atoms with Crippen LogP contribution in [0.3, 0.4) is 0 Å². The molecule has 0 bridgehead atoms. The first kappa shape index (κ1) is 5.10. The Balaban J connectivity index is 2.72. The maximum atomic E-state index is 8.45. The van der Waals surface area contributed by atoms with Crippen LogP contribution in [0.5, 0.6) is 0 Å². The maximum Gasteiger partial charge on any atom is 0.0564 e. The van der Waals surface area contributed by atoms with E-state index in [-0.39, 0.29) is 0 Å². The smallest absolute Gasteiger partial charge is 0.0564 e. The first-order valence-corrected chi connectivity index (χ1v) is 2.87. The van der Waals surface area contributed by atoms with Crippen LogP contribution in [-0.2, 0) is 0 Å². The lowest BCUT2D eigenvalue weighted by Crippen LogP contribution is -1.80. The Hall–Kier alpha value is -0.0400. The fourth-order valence-electron chi connectivity index (χ4n) is 0.486. The van der Waals surface area contributed by atoms with Crippen molar-refractivity contribution in [3.8, 4) is 0 Å². The fourth-order valence-corrected chi connectivity index (χ4v) is 0.486. The maximum absolute atomic E-state index is 8.45. The minimum atomic E-state index is -0.846. The summed E-state index contributed by atoms with van der Waals surface area (Å²) in [5.74, 6) is 0. The molecule has 0 aromatic carbocycles. The number of hydrogen-bond donors (Lipinski definition) is 1. The van der Waals surface area contributed by atoms with Gasteiger partial charge in [-0.3, -0.25) is 0 Å². The zero-order valence-electron chi connectivity index (χ0n) is 5.85. The topological polar surface area (TPSA) is 20.2 Å². The van der Waals surface area contributed by atoms with Crippen molar-refractivity contribution < 1.29 is 6.48 Å². The minimum absolute atomic E-state index is 0.633. The lowest BCUT2D eigenvalue weighted by atomic mass is 10.2. The molecule has 0 saturated carbocycles. The highest BCUT2D eigenvalue weighted by atomic mass is 16.2. The van der Waals surface area contributed by atoms with Gasteiger partial charge in [0.2, 0.25) is 0 Å². The van der Waals surface area contributed by atoms with Gasteiger partial charge >= 0.3 is 0 Å². The molecule has 0 aromatic heterocycles. The highest BCUT2D eigenvalue weighted by Gasteiger charge is 1.80. The van der Waals surface area contributed by atoms with E-state index in [0.717, 1.165) is 19.3 Å². The zero-order valence-corrected chi connectivity index (χ0v) is 4.85. The van der Waals surface area contributed by atoms with Gasteiger partial charge in [-0.15, -0.1) is 0 Å². The van der Waals surface area contributed by atoms with Crippen LogP contribution in [0, 0.1) is 0 Å². The number of hydrogen-bond acceptors (Lipinski definition) is 1. The monoisotopic (exact) mass is 104 g/mol. The third kappa shape index (κ3) is 5.96. The molecule has 0 spiro atoms. The summed E-state index contributed by atoms with van der Waals surface area (Å²) in [5.41, 5.74) is 0. The predicted molar refractivity (Wildman–Crippen MR) is 31.2 cm³/mol. The summed E-state index contributed by atoms with van der Waals surface area (Å²) >= 11 is 0. The van der Waals surface area contributed by atoms with Gasteiger partial charge in [-0.05, 0) is 6.42 Å². The Morgan fingerprint density at radius 2 is 2.14 bits per heavy atom. The van der Waals surface area contributed by atoms with Crippen LogP contribution in [0.4, 0.5) is 0 Å². The molecule has 1 atom stereocenters. The molecular formula is C6H14O. The summed E-state index contributed by atoms with van der Waals surface area (Å²) in [4.78, 5) is 0. The summed E-state index contributed by atoms with van der Waals surface area (Å²) in [7, 11) is 0. The van der Waals surface area contributed by atoms with E-state index in [1.165, 1.54) is 0 Å². The second kappa shape index (κ2) is 5.96. The van der Waals surface area contributed by atoms with Crippen LogP contribution >= 0.6 is 0 Å². The molecular weight excluding hydrogens is 88.1 g/mol. The Morgan fingerprint density at radius 3 is 2.57 bits per heavy atom. The summed E-state index contributed by atoms with van der Waals surface area (Å²) in [6.45, 7) is 1.26. The van der Waals surface area contributed by atoms with Crippen LogP contribution in [-0.4, -0.2) is 11.7 Å². The molecule has 0 aliphatic heterocycles. The van der Waals surface area contributed by atoms with Crippen molar-refractivity contribution in [1.82, 2.24) is 0 Å². The van der Waals surface area contributed by atoms with Gasteiger partial charge in [-0.2, -0.15) is 0 Å². The molecule has 0 heterocycles. The number of rotatable bonds is 4. The van der Waals surface area contributed by atoms with E-state index in [2.05, 4.69) is 6.92 Å². The van der Waals surface area contributed by atoms with Crippen LogP contribution in [0.1, 0.15) is 34.0 Å². The van der Waals surface area contributed by atoms with Gasteiger partial charge in [0, 0.05) is 6.58 Å². The van der Waals surface area contributed by atoms with E-state index in [9.17, 15) is 0 Å². The van der Waals surface area contributed by atoms with Gasteiger partial charge in [0.1, 0.15) is 0 Å². The second-order valence-electron chi connectivity index (χ2n) is 1.68. The SMILES string of the molecule is [3H]C(O)CCCCC. The van der Waals surface area contributed by atoms with Gasteiger partial charge in [0.25, 0.3) is 0 Å². The Morgan fingerprint density at radius 1 is 1.43 bits per heavy atom. The van der Waals surface area contributed by atoms with Crippen molar-refractivity contribution in [1.29, 1.82) is 0 Å². The Bertz CT molecular complexity index is 45.8. The zero-order chi connectivity index (χ0) is 6.41. The molecule has 0 saturated heterocycles. The normalized spacial score (nSPS) is 16.0. The molecule has 1 N–H and O–H groups in total. The molecule has 0 aliphatic carbocycles. The van der Waals surface area contributed by atoms with E-state index >= 15 is 0 Å². The second-order valence-corrected chi connectivity index (χ2v) is 1.68. The van der Waals surface area contributed by atoms with Crippen molar-refractivity contribution in [3.05, 3.63) is 0 Å². The van der Waals surface area contributed by atoms with E-state index in [4.69, 9.17) is 6.48 Å². The van der Waals surface area contributed by atoms with Gasteiger partial charge in [-0.25, -0.2) is 0 Å². The summed E-state index contributed by atoms with van der Waals surface area (Å²) < 4.78 is 6.71. The minimum Gasteiger partial charge on any atom is -0.396 e. The van der Waals surface area contributed by atoms with Crippen molar-refractivity contribution in [2.45, 2.75) is 32.6 Å². The van der Waals surface area contributed by atoms with E-state index in [0.29, 0.717) is 6.42 Å². The molecule has 0 amide bonds. The number of unbranched alkanes of at least 4 members (excludes halogenated alkanes) is 2. The van der Waals surface area contributed by atoms with Crippen LogP contribution < -0.4 is 0 Å². The third-order valence-electron chi connectivity index (χ3n) is 0.937.